The van der Waals surface area contributed by atoms with Gasteiger partial charge in [0.1, 0.15) is 11.6 Å². The van der Waals surface area contributed by atoms with Crippen molar-refractivity contribution in [1.29, 1.82) is 0 Å². The van der Waals surface area contributed by atoms with E-state index in [2.05, 4.69) is 15.6 Å². The molecule has 0 saturated carbocycles. The fourth-order valence-electron chi connectivity index (χ4n) is 3.55. The number of guanidine groups is 1. The summed E-state index contributed by atoms with van der Waals surface area (Å²) >= 11 is 0. The van der Waals surface area contributed by atoms with Crippen LogP contribution in [0.5, 0.6) is 0 Å². The predicted molar refractivity (Wildman–Crippen MR) is 134 cm³/mol. The van der Waals surface area contributed by atoms with Crippen molar-refractivity contribution >= 4 is 28.7 Å². The molecule has 8 N–H and O–H groups in total. The summed E-state index contributed by atoms with van der Waals surface area (Å²) in [7, 11) is 0. The third-order valence-electron chi connectivity index (χ3n) is 5.38. The van der Waals surface area contributed by atoms with Gasteiger partial charge in [-0.15, -0.1) is 0 Å². The first-order valence-electron chi connectivity index (χ1n) is 11.3. The van der Waals surface area contributed by atoms with Gasteiger partial charge in [-0.05, 0) is 37.0 Å². The molecule has 0 aliphatic heterocycles. The third-order valence-corrected chi connectivity index (χ3v) is 5.38. The molecule has 0 aliphatic carbocycles. The Hall–Kier alpha value is -4.18. The number of fused-ring (bicyclic) bond motifs is 1. The van der Waals surface area contributed by atoms with Crippen LogP contribution in [0.2, 0.25) is 0 Å². The molecule has 0 fully saturated rings. The molecule has 3 aromatic rings. The second kappa shape index (κ2) is 12.3. The SMILES string of the molecule is NC(N)=NCCC[C@H](NC(=O)[C@@H](N)Cc1ccccc1)C(=O)NCc1cc2ccccc2oc1=O. The molecule has 10 heteroatoms. The van der Waals surface area contributed by atoms with Gasteiger partial charge in [0, 0.05) is 11.9 Å². The first-order valence-corrected chi connectivity index (χ1v) is 11.3. The van der Waals surface area contributed by atoms with E-state index in [4.69, 9.17) is 21.6 Å². The van der Waals surface area contributed by atoms with E-state index >= 15 is 0 Å². The van der Waals surface area contributed by atoms with Gasteiger partial charge in [-0.3, -0.25) is 14.6 Å². The summed E-state index contributed by atoms with van der Waals surface area (Å²) in [5.41, 5.74) is 17.9. The lowest BCUT2D eigenvalue weighted by atomic mass is 10.0. The largest absolute Gasteiger partial charge is 0.422 e. The van der Waals surface area contributed by atoms with Crippen molar-refractivity contribution in [3.63, 3.8) is 0 Å². The number of para-hydroxylation sites is 1. The highest BCUT2D eigenvalue weighted by Gasteiger charge is 2.24. The molecule has 10 nitrogen and oxygen atoms in total. The molecule has 0 spiro atoms. The number of nitrogens with one attached hydrogen (secondary N) is 2. The zero-order valence-electron chi connectivity index (χ0n) is 19.3. The highest BCUT2D eigenvalue weighted by molar-refractivity contribution is 5.89. The highest BCUT2D eigenvalue weighted by Crippen LogP contribution is 2.12. The molecule has 2 atom stereocenters. The summed E-state index contributed by atoms with van der Waals surface area (Å²) in [5, 5.41) is 6.17. The van der Waals surface area contributed by atoms with Gasteiger partial charge in [0.25, 0.3) is 0 Å². The van der Waals surface area contributed by atoms with Crippen LogP contribution in [0, 0.1) is 0 Å². The third kappa shape index (κ3) is 7.68. The summed E-state index contributed by atoms with van der Waals surface area (Å²) in [6.07, 6.45) is 1.05. The van der Waals surface area contributed by atoms with Crippen molar-refractivity contribution < 1.29 is 14.0 Å². The van der Waals surface area contributed by atoms with Crippen molar-refractivity contribution in [2.75, 3.05) is 6.54 Å². The number of aliphatic imine (C=N–C) groups is 1. The lowest BCUT2D eigenvalue weighted by molar-refractivity contribution is -0.129. The summed E-state index contributed by atoms with van der Waals surface area (Å²) in [4.78, 5) is 41.9. The van der Waals surface area contributed by atoms with Crippen molar-refractivity contribution in [3.8, 4) is 0 Å². The van der Waals surface area contributed by atoms with Crippen LogP contribution in [0.1, 0.15) is 24.0 Å². The van der Waals surface area contributed by atoms with Crippen molar-refractivity contribution in [2.24, 2.45) is 22.2 Å². The molecule has 0 bridgehead atoms. The number of carbonyl (C=O) groups is 2. The number of benzene rings is 2. The van der Waals surface area contributed by atoms with E-state index < -0.39 is 29.5 Å². The maximum atomic E-state index is 13.0. The predicted octanol–water partition coefficient (Wildman–Crippen LogP) is 0.518. The van der Waals surface area contributed by atoms with Crippen molar-refractivity contribution in [1.82, 2.24) is 10.6 Å². The molecular weight excluding hydrogens is 448 g/mol. The monoisotopic (exact) mass is 478 g/mol. The quantitative estimate of drug-likeness (QED) is 0.115. The van der Waals surface area contributed by atoms with Crippen molar-refractivity contribution in [2.45, 2.75) is 37.9 Å². The zero-order chi connectivity index (χ0) is 25.2. The van der Waals surface area contributed by atoms with Crippen LogP contribution < -0.4 is 33.5 Å². The van der Waals surface area contributed by atoms with Crippen LogP contribution in [0.4, 0.5) is 0 Å². The molecule has 35 heavy (non-hydrogen) atoms. The van der Waals surface area contributed by atoms with Gasteiger partial charge < -0.3 is 32.3 Å². The minimum atomic E-state index is -0.883. The van der Waals surface area contributed by atoms with Gasteiger partial charge in [-0.1, -0.05) is 48.5 Å². The van der Waals surface area contributed by atoms with E-state index in [0.29, 0.717) is 30.5 Å². The minimum Gasteiger partial charge on any atom is -0.422 e. The summed E-state index contributed by atoms with van der Waals surface area (Å²) < 4.78 is 5.31. The normalized spacial score (nSPS) is 12.5. The van der Waals surface area contributed by atoms with Gasteiger partial charge in [0.2, 0.25) is 11.8 Å². The van der Waals surface area contributed by atoms with Gasteiger partial charge in [-0.2, -0.15) is 0 Å². The lowest BCUT2D eigenvalue weighted by Gasteiger charge is -2.20. The maximum Gasteiger partial charge on any atom is 0.341 e. The molecule has 0 radical (unpaired) electrons. The number of nitrogens with two attached hydrogens (primary N) is 3. The number of rotatable bonds is 11. The summed E-state index contributed by atoms with van der Waals surface area (Å²) in [5.74, 6) is -0.966. The Morgan fingerprint density at radius 3 is 2.46 bits per heavy atom. The smallest absolute Gasteiger partial charge is 0.341 e. The van der Waals surface area contributed by atoms with Crippen LogP contribution in [0.3, 0.4) is 0 Å². The molecule has 1 aromatic heterocycles. The molecular formula is C25H30N6O4. The molecule has 0 aliphatic rings. The van der Waals surface area contributed by atoms with E-state index in [9.17, 15) is 14.4 Å². The fraction of sp³-hybridized carbons (Fsp3) is 0.280. The van der Waals surface area contributed by atoms with Gasteiger partial charge in [0.05, 0.1) is 18.2 Å². The maximum absolute atomic E-state index is 13.0. The Labute approximate surface area is 202 Å². The number of amides is 2. The van der Waals surface area contributed by atoms with Crippen LogP contribution in [0.25, 0.3) is 11.0 Å². The Kier molecular flexibility index (Phi) is 8.96. The topological polar surface area (TPSA) is 179 Å². The second-order valence-electron chi connectivity index (χ2n) is 8.12. The standard InChI is InChI=1S/C25H30N6O4/c26-19(13-16-7-2-1-3-8-16)22(32)31-20(10-6-12-29-25(27)28)23(33)30-15-18-14-17-9-4-5-11-21(17)35-24(18)34/h1-5,7-9,11,14,19-20H,6,10,12-13,15,26H2,(H,30,33)(H,31,32)(H4,27,28,29)/t19-,20-/m0/s1. The van der Waals surface area contributed by atoms with Crippen LogP contribution in [-0.2, 0) is 22.6 Å². The number of carbonyl (C=O) groups excluding carboxylic acids is 2. The molecule has 1 heterocycles. The number of nitrogens with zero attached hydrogens (tertiary/aromatic N) is 1. The Morgan fingerprint density at radius 2 is 1.71 bits per heavy atom. The van der Waals surface area contributed by atoms with E-state index in [1.165, 1.54) is 0 Å². The number of hydrogen-bond donors (Lipinski definition) is 5. The molecule has 184 valence electrons. The Morgan fingerprint density at radius 1 is 1.00 bits per heavy atom. The average molecular weight is 479 g/mol. The zero-order valence-corrected chi connectivity index (χ0v) is 19.3. The Bertz CT molecular complexity index is 1240. The summed E-state index contributed by atoms with van der Waals surface area (Å²) in [6.45, 7) is 0.245. The van der Waals surface area contributed by atoms with Gasteiger partial charge >= 0.3 is 5.63 Å². The molecule has 2 amide bonds. The summed E-state index contributed by atoms with van der Waals surface area (Å²) in [6, 6.07) is 16.4. The number of hydrogen-bond acceptors (Lipinski definition) is 6. The van der Waals surface area contributed by atoms with Crippen molar-refractivity contribution in [3.05, 3.63) is 82.2 Å². The van der Waals surface area contributed by atoms with Crippen LogP contribution in [0.15, 0.2) is 74.9 Å². The van der Waals surface area contributed by atoms with E-state index in [1.54, 1.807) is 18.2 Å². The first-order chi connectivity index (χ1) is 16.8. The lowest BCUT2D eigenvalue weighted by Crippen LogP contribution is -2.52. The molecule has 2 aromatic carbocycles. The average Bonchev–Trinajstić information content (AvgIpc) is 2.84. The molecule has 0 saturated heterocycles. The molecule has 3 rings (SSSR count). The molecule has 0 unspecified atom stereocenters. The minimum absolute atomic E-state index is 0.0528. The Balaban J connectivity index is 1.66. The van der Waals surface area contributed by atoms with E-state index in [1.807, 2.05) is 42.5 Å². The van der Waals surface area contributed by atoms with Gasteiger partial charge in [0.15, 0.2) is 5.96 Å². The highest BCUT2D eigenvalue weighted by atomic mass is 16.4. The fourth-order valence-corrected chi connectivity index (χ4v) is 3.55. The van der Waals surface area contributed by atoms with E-state index in [0.717, 1.165) is 10.9 Å². The van der Waals surface area contributed by atoms with Gasteiger partial charge in [-0.25, -0.2) is 4.79 Å². The van der Waals surface area contributed by atoms with E-state index in [-0.39, 0.29) is 18.9 Å². The second-order valence-corrected chi connectivity index (χ2v) is 8.12. The van der Waals surface area contributed by atoms with Crippen LogP contribution >= 0.6 is 0 Å². The van der Waals surface area contributed by atoms with Crippen LogP contribution in [-0.4, -0.2) is 36.4 Å². The first kappa shape index (κ1) is 25.4.